The highest BCUT2D eigenvalue weighted by Crippen LogP contribution is 2.42. The number of rotatable bonds is 5. The van der Waals surface area contributed by atoms with Crippen LogP contribution in [-0.4, -0.2) is 21.5 Å². The Hall–Kier alpha value is -2.50. The third-order valence-electron chi connectivity index (χ3n) is 3.92. The number of hydrogen-bond acceptors (Lipinski definition) is 4. The van der Waals surface area contributed by atoms with Crippen LogP contribution in [0.2, 0.25) is 0 Å². The minimum atomic E-state index is -0.620. The minimum absolute atomic E-state index is 0.0361. The molecule has 0 saturated heterocycles. The van der Waals surface area contributed by atoms with Crippen molar-refractivity contribution in [2.45, 2.75) is 38.9 Å². The molecule has 23 heavy (non-hydrogen) atoms. The van der Waals surface area contributed by atoms with Crippen molar-refractivity contribution in [1.29, 1.82) is 0 Å². The third-order valence-corrected chi connectivity index (χ3v) is 3.92. The Morgan fingerprint density at radius 2 is 2.13 bits per heavy atom. The Morgan fingerprint density at radius 1 is 1.35 bits per heavy atom. The van der Waals surface area contributed by atoms with Crippen LogP contribution in [0, 0.1) is 0 Å². The summed E-state index contributed by atoms with van der Waals surface area (Å²) in [6.45, 7) is 3.91. The summed E-state index contributed by atoms with van der Waals surface area (Å²) in [5.41, 5.74) is 1.76. The second-order valence-corrected chi connectivity index (χ2v) is 5.92. The lowest BCUT2D eigenvalue weighted by atomic mass is 10.2. The lowest BCUT2D eigenvalue weighted by Crippen LogP contribution is -2.33. The zero-order valence-electron chi connectivity index (χ0n) is 13.6. The van der Waals surface area contributed by atoms with Gasteiger partial charge < -0.3 is 14.8 Å². The SMILES string of the molecule is CC[C@]1(C)Oc2ccc(NC(=O)CCc3cnn(C)c3)cc2O1. The van der Waals surface area contributed by atoms with Crippen LogP contribution in [0.3, 0.4) is 0 Å². The lowest BCUT2D eigenvalue weighted by molar-refractivity contribution is -0.116. The second-order valence-electron chi connectivity index (χ2n) is 5.92. The first-order valence-electron chi connectivity index (χ1n) is 7.77. The van der Waals surface area contributed by atoms with Crippen LogP contribution in [-0.2, 0) is 18.3 Å². The van der Waals surface area contributed by atoms with Gasteiger partial charge in [0, 0.05) is 44.8 Å². The standard InChI is InChI=1S/C17H21N3O3/c1-4-17(2)22-14-7-6-13(9-15(14)23-17)19-16(21)8-5-12-10-18-20(3)11-12/h6-7,9-11H,4-5,8H2,1-3H3,(H,19,21)/t17-/m1/s1. The number of ether oxygens (including phenoxy) is 2. The number of benzene rings is 1. The highest BCUT2D eigenvalue weighted by atomic mass is 16.7. The summed E-state index contributed by atoms with van der Waals surface area (Å²) in [6, 6.07) is 5.46. The average Bonchev–Trinajstić information content (AvgIpc) is 3.08. The van der Waals surface area contributed by atoms with Crippen molar-refractivity contribution >= 4 is 11.6 Å². The third kappa shape index (κ3) is 3.47. The topological polar surface area (TPSA) is 65.4 Å². The number of amides is 1. The number of aromatic nitrogens is 2. The maximum atomic E-state index is 12.1. The Balaban J connectivity index is 1.59. The maximum Gasteiger partial charge on any atom is 0.248 e. The van der Waals surface area contributed by atoms with Crippen molar-refractivity contribution in [1.82, 2.24) is 9.78 Å². The number of aryl methyl sites for hydroxylation is 2. The molecule has 1 N–H and O–H groups in total. The zero-order chi connectivity index (χ0) is 16.4. The van der Waals surface area contributed by atoms with Crippen LogP contribution in [0.25, 0.3) is 0 Å². The fourth-order valence-corrected chi connectivity index (χ4v) is 2.46. The van der Waals surface area contributed by atoms with Gasteiger partial charge in [0.2, 0.25) is 11.7 Å². The second kappa shape index (κ2) is 5.95. The van der Waals surface area contributed by atoms with Crippen molar-refractivity contribution in [2.75, 3.05) is 5.32 Å². The van der Waals surface area contributed by atoms with E-state index in [9.17, 15) is 4.79 Å². The van der Waals surface area contributed by atoms with Crippen LogP contribution in [0.1, 0.15) is 32.3 Å². The minimum Gasteiger partial charge on any atom is -0.449 e. The molecule has 6 heteroatoms. The van der Waals surface area contributed by atoms with E-state index in [0.29, 0.717) is 30.0 Å². The first-order chi connectivity index (χ1) is 11.0. The van der Waals surface area contributed by atoms with Gasteiger partial charge in [-0.15, -0.1) is 0 Å². The van der Waals surface area contributed by atoms with Gasteiger partial charge in [-0.05, 0) is 24.1 Å². The molecule has 1 atom stereocenters. The average molecular weight is 315 g/mol. The predicted octanol–water partition coefficient (Wildman–Crippen LogP) is 2.89. The molecule has 1 aliphatic heterocycles. The Labute approximate surface area is 135 Å². The van der Waals surface area contributed by atoms with Crippen molar-refractivity contribution in [3.8, 4) is 11.5 Å². The summed E-state index contributed by atoms with van der Waals surface area (Å²) < 4.78 is 13.3. The van der Waals surface area contributed by atoms with Crippen molar-refractivity contribution in [3.63, 3.8) is 0 Å². The van der Waals surface area contributed by atoms with Crippen molar-refractivity contribution in [3.05, 3.63) is 36.2 Å². The van der Waals surface area contributed by atoms with E-state index in [2.05, 4.69) is 10.4 Å². The van der Waals surface area contributed by atoms with Crippen molar-refractivity contribution < 1.29 is 14.3 Å². The molecule has 0 unspecified atom stereocenters. The van der Waals surface area contributed by atoms with Gasteiger partial charge in [0.15, 0.2) is 11.5 Å². The molecule has 0 saturated carbocycles. The van der Waals surface area contributed by atoms with Gasteiger partial charge in [0.05, 0.1) is 6.20 Å². The molecule has 0 radical (unpaired) electrons. The first kappa shape index (κ1) is 15.4. The van der Waals surface area contributed by atoms with E-state index in [0.717, 1.165) is 12.0 Å². The molecule has 0 spiro atoms. The summed E-state index contributed by atoms with van der Waals surface area (Å²) in [6.07, 6.45) is 5.51. The fourth-order valence-electron chi connectivity index (χ4n) is 2.46. The van der Waals surface area contributed by atoms with Gasteiger partial charge in [-0.3, -0.25) is 9.48 Å². The predicted molar refractivity (Wildman–Crippen MR) is 86.6 cm³/mol. The maximum absolute atomic E-state index is 12.1. The largest absolute Gasteiger partial charge is 0.449 e. The fraction of sp³-hybridized carbons (Fsp3) is 0.412. The Morgan fingerprint density at radius 3 is 2.83 bits per heavy atom. The number of nitrogens with zero attached hydrogens (tertiary/aromatic N) is 2. The molecule has 1 aliphatic rings. The molecule has 1 aromatic carbocycles. The van der Waals surface area contributed by atoms with E-state index >= 15 is 0 Å². The molecule has 2 heterocycles. The number of carbonyl (C=O) groups excluding carboxylic acids is 1. The van der Waals surface area contributed by atoms with Crippen molar-refractivity contribution in [2.24, 2.45) is 7.05 Å². The van der Waals surface area contributed by atoms with Gasteiger partial charge >= 0.3 is 0 Å². The molecule has 6 nitrogen and oxygen atoms in total. The summed E-state index contributed by atoms with van der Waals surface area (Å²) in [7, 11) is 1.86. The van der Waals surface area contributed by atoms with E-state index < -0.39 is 5.79 Å². The Kier molecular flexibility index (Phi) is 3.98. The van der Waals surface area contributed by atoms with Crippen LogP contribution in [0.15, 0.2) is 30.6 Å². The quantitative estimate of drug-likeness (QED) is 0.921. The first-order valence-corrected chi connectivity index (χ1v) is 7.77. The molecule has 1 amide bonds. The molecule has 0 fully saturated rings. The number of fused-ring (bicyclic) bond motifs is 1. The summed E-state index contributed by atoms with van der Waals surface area (Å²) in [4.78, 5) is 12.1. The number of anilines is 1. The van der Waals surface area contributed by atoms with Gasteiger partial charge in [-0.25, -0.2) is 0 Å². The molecular formula is C17H21N3O3. The number of carbonyl (C=O) groups is 1. The Bertz CT molecular complexity index is 726. The molecular weight excluding hydrogens is 294 g/mol. The molecule has 1 aromatic heterocycles. The highest BCUT2D eigenvalue weighted by Gasteiger charge is 2.34. The lowest BCUT2D eigenvalue weighted by Gasteiger charge is -2.20. The zero-order valence-corrected chi connectivity index (χ0v) is 13.6. The van der Waals surface area contributed by atoms with Crippen LogP contribution >= 0.6 is 0 Å². The molecule has 2 aromatic rings. The van der Waals surface area contributed by atoms with Gasteiger partial charge in [-0.2, -0.15) is 5.10 Å². The molecule has 3 rings (SSSR count). The van der Waals surface area contributed by atoms with Gasteiger partial charge in [0.25, 0.3) is 0 Å². The van der Waals surface area contributed by atoms with Gasteiger partial charge in [0.1, 0.15) is 0 Å². The van der Waals surface area contributed by atoms with E-state index in [-0.39, 0.29) is 5.91 Å². The smallest absolute Gasteiger partial charge is 0.248 e. The number of nitrogens with one attached hydrogen (secondary N) is 1. The van der Waals surface area contributed by atoms with Gasteiger partial charge in [-0.1, -0.05) is 6.92 Å². The molecule has 0 aliphatic carbocycles. The molecule has 122 valence electrons. The van der Waals surface area contributed by atoms with Crippen LogP contribution < -0.4 is 14.8 Å². The number of hydrogen-bond donors (Lipinski definition) is 1. The van der Waals surface area contributed by atoms with Crippen LogP contribution in [0.4, 0.5) is 5.69 Å². The van der Waals surface area contributed by atoms with E-state index in [1.165, 1.54) is 0 Å². The normalized spacial score (nSPS) is 18.9. The molecule has 0 bridgehead atoms. The van der Waals surface area contributed by atoms with E-state index in [1.807, 2.05) is 39.2 Å². The summed E-state index contributed by atoms with van der Waals surface area (Å²) >= 11 is 0. The monoisotopic (exact) mass is 315 g/mol. The van der Waals surface area contributed by atoms with E-state index in [4.69, 9.17) is 9.47 Å². The highest BCUT2D eigenvalue weighted by molar-refractivity contribution is 5.91. The van der Waals surface area contributed by atoms with E-state index in [1.54, 1.807) is 16.9 Å². The summed E-state index contributed by atoms with van der Waals surface area (Å²) in [5, 5.41) is 6.99. The summed E-state index contributed by atoms with van der Waals surface area (Å²) in [5.74, 6) is 0.721. The van der Waals surface area contributed by atoms with Crippen LogP contribution in [0.5, 0.6) is 11.5 Å².